The first-order valence-corrected chi connectivity index (χ1v) is 4.97. The summed E-state index contributed by atoms with van der Waals surface area (Å²) in [6, 6.07) is 5.27. The van der Waals surface area contributed by atoms with E-state index in [2.05, 4.69) is 15.9 Å². The number of ether oxygens (including phenoxy) is 1. The first-order valence-electron chi connectivity index (χ1n) is 3.64. The topological polar surface area (TPSA) is 26.3 Å². The largest absolute Gasteiger partial charge is 0.477 e. The van der Waals surface area contributed by atoms with Crippen molar-refractivity contribution in [3.63, 3.8) is 0 Å². The molecule has 1 rings (SSSR count). The number of carbonyl (C=O) groups is 1. The molecule has 70 valence electrons. The summed E-state index contributed by atoms with van der Waals surface area (Å²) >= 11 is 8.68. The standard InChI is InChI=1S/C9H8BrClO2/c1-6(12)8-4-7(10)2-3-9(8)13-5-11/h2-4H,5H2,1H3. The predicted molar refractivity (Wildman–Crippen MR) is 55.5 cm³/mol. The van der Waals surface area contributed by atoms with E-state index in [1.807, 2.05) is 0 Å². The van der Waals surface area contributed by atoms with Crippen LogP contribution in [-0.4, -0.2) is 11.8 Å². The van der Waals surface area contributed by atoms with Gasteiger partial charge in [0.1, 0.15) is 5.75 Å². The average molecular weight is 264 g/mol. The van der Waals surface area contributed by atoms with Crippen molar-refractivity contribution in [2.45, 2.75) is 6.92 Å². The zero-order chi connectivity index (χ0) is 9.84. The molecule has 0 fully saturated rings. The number of alkyl halides is 1. The highest BCUT2D eigenvalue weighted by molar-refractivity contribution is 9.10. The van der Waals surface area contributed by atoms with Crippen molar-refractivity contribution < 1.29 is 9.53 Å². The zero-order valence-corrected chi connectivity index (χ0v) is 9.35. The van der Waals surface area contributed by atoms with Crippen LogP contribution in [0.5, 0.6) is 5.75 Å². The second-order valence-corrected chi connectivity index (χ2v) is 3.58. The molecule has 0 aliphatic rings. The normalized spacial score (nSPS) is 9.77. The third kappa shape index (κ3) is 2.71. The number of halogens is 2. The van der Waals surface area contributed by atoms with E-state index in [9.17, 15) is 4.79 Å². The molecule has 0 atom stereocenters. The van der Waals surface area contributed by atoms with E-state index in [4.69, 9.17) is 16.3 Å². The van der Waals surface area contributed by atoms with E-state index in [0.29, 0.717) is 11.3 Å². The van der Waals surface area contributed by atoms with Crippen molar-refractivity contribution in [1.29, 1.82) is 0 Å². The highest BCUT2D eigenvalue weighted by Gasteiger charge is 2.08. The summed E-state index contributed by atoms with van der Waals surface area (Å²) < 4.78 is 5.92. The number of carbonyl (C=O) groups excluding carboxylic acids is 1. The highest BCUT2D eigenvalue weighted by Crippen LogP contribution is 2.23. The molecule has 0 amide bonds. The van der Waals surface area contributed by atoms with E-state index in [0.717, 1.165) is 4.47 Å². The van der Waals surface area contributed by atoms with Crippen LogP contribution in [0.25, 0.3) is 0 Å². The van der Waals surface area contributed by atoms with E-state index < -0.39 is 0 Å². The van der Waals surface area contributed by atoms with Crippen LogP contribution in [0.2, 0.25) is 0 Å². The third-order valence-corrected chi connectivity index (χ3v) is 2.13. The predicted octanol–water partition coefficient (Wildman–Crippen LogP) is 3.23. The monoisotopic (exact) mass is 262 g/mol. The molecule has 13 heavy (non-hydrogen) atoms. The van der Waals surface area contributed by atoms with E-state index >= 15 is 0 Å². The van der Waals surface area contributed by atoms with Crippen LogP contribution in [0.4, 0.5) is 0 Å². The smallest absolute Gasteiger partial charge is 0.163 e. The van der Waals surface area contributed by atoms with Gasteiger partial charge in [0.15, 0.2) is 11.8 Å². The van der Waals surface area contributed by atoms with Gasteiger partial charge in [0, 0.05) is 4.47 Å². The van der Waals surface area contributed by atoms with E-state index in [1.54, 1.807) is 18.2 Å². The molecule has 1 aromatic carbocycles. The summed E-state index contributed by atoms with van der Waals surface area (Å²) in [7, 11) is 0. The molecule has 4 heteroatoms. The van der Waals surface area contributed by atoms with Gasteiger partial charge in [-0.05, 0) is 25.1 Å². The van der Waals surface area contributed by atoms with Crippen molar-refractivity contribution in [3.8, 4) is 5.75 Å². The van der Waals surface area contributed by atoms with E-state index in [-0.39, 0.29) is 11.8 Å². The van der Waals surface area contributed by atoms with Gasteiger partial charge in [-0.1, -0.05) is 27.5 Å². The number of hydrogen-bond donors (Lipinski definition) is 0. The Hall–Kier alpha value is -0.540. The molecule has 0 heterocycles. The fourth-order valence-corrected chi connectivity index (χ4v) is 1.44. The Balaban J connectivity index is 3.10. The van der Waals surface area contributed by atoms with Crippen LogP contribution < -0.4 is 4.74 Å². The maximum atomic E-state index is 11.1. The summed E-state index contributed by atoms with van der Waals surface area (Å²) in [4.78, 5) is 11.1. The Kier molecular flexibility index (Phi) is 3.75. The van der Waals surface area contributed by atoms with Gasteiger partial charge in [-0.3, -0.25) is 4.79 Å². The van der Waals surface area contributed by atoms with Crippen molar-refractivity contribution in [2.24, 2.45) is 0 Å². The lowest BCUT2D eigenvalue weighted by atomic mass is 10.1. The molecule has 0 N–H and O–H groups in total. The minimum absolute atomic E-state index is 0.0404. The SMILES string of the molecule is CC(=O)c1cc(Br)ccc1OCCl. The van der Waals surface area contributed by atoms with Crippen LogP contribution in [0, 0.1) is 0 Å². The first-order chi connectivity index (χ1) is 6.15. The van der Waals surface area contributed by atoms with Gasteiger partial charge in [-0.25, -0.2) is 0 Å². The summed E-state index contributed by atoms with van der Waals surface area (Å²) in [5.41, 5.74) is 0.537. The number of hydrogen-bond acceptors (Lipinski definition) is 2. The Morgan fingerprint density at radius 2 is 2.31 bits per heavy atom. The molecule has 0 unspecified atom stereocenters. The van der Waals surface area contributed by atoms with Crippen molar-refractivity contribution in [3.05, 3.63) is 28.2 Å². The molecule has 0 bridgehead atoms. The fraction of sp³-hybridized carbons (Fsp3) is 0.222. The summed E-state index contributed by atoms with van der Waals surface area (Å²) in [6.07, 6.45) is 0. The Morgan fingerprint density at radius 1 is 1.62 bits per heavy atom. The molecular weight excluding hydrogens is 255 g/mol. The maximum Gasteiger partial charge on any atom is 0.163 e. The Bertz CT molecular complexity index is 325. The van der Waals surface area contributed by atoms with Gasteiger partial charge in [0.25, 0.3) is 0 Å². The second-order valence-electron chi connectivity index (χ2n) is 2.45. The van der Waals surface area contributed by atoms with Crippen molar-refractivity contribution >= 4 is 33.3 Å². The minimum atomic E-state index is -0.0404. The van der Waals surface area contributed by atoms with Crippen LogP contribution in [0.15, 0.2) is 22.7 Å². The quantitative estimate of drug-likeness (QED) is 0.618. The number of benzene rings is 1. The van der Waals surface area contributed by atoms with Crippen LogP contribution in [0.1, 0.15) is 17.3 Å². The van der Waals surface area contributed by atoms with Crippen LogP contribution >= 0.6 is 27.5 Å². The highest BCUT2D eigenvalue weighted by atomic mass is 79.9. The summed E-state index contributed by atoms with van der Waals surface area (Å²) in [6.45, 7) is 1.49. The Morgan fingerprint density at radius 3 is 2.85 bits per heavy atom. The average Bonchev–Trinajstić information content (AvgIpc) is 2.08. The molecule has 0 spiro atoms. The van der Waals surface area contributed by atoms with Gasteiger partial charge < -0.3 is 4.74 Å². The molecule has 0 radical (unpaired) electrons. The van der Waals surface area contributed by atoms with Gasteiger partial charge in [0.2, 0.25) is 0 Å². The number of Topliss-reactive ketones (excluding diaryl/α,β-unsaturated/α-hetero) is 1. The molecular formula is C9H8BrClO2. The molecule has 0 aliphatic heterocycles. The van der Waals surface area contributed by atoms with Crippen LogP contribution in [0.3, 0.4) is 0 Å². The first kappa shape index (κ1) is 10.5. The lowest BCUT2D eigenvalue weighted by molar-refractivity contribution is 0.101. The van der Waals surface area contributed by atoms with Gasteiger partial charge in [0.05, 0.1) is 5.56 Å². The van der Waals surface area contributed by atoms with Gasteiger partial charge in [-0.15, -0.1) is 0 Å². The summed E-state index contributed by atoms with van der Waals surface area (Å²) in [5, 5.41) is 0. The number of rotatable bonds is 3. The van der Waals surface area contributed by atoms with Gasteiger partial charge in [-0.2, -0.15) is 0 Å². The number of ketones is 1. The third-order valence-electron chi connectivity index (χ3n) is 1.53. The lowest BCUT2D eigenvalue weighted by Crippen LogP contribution is -1.99. The summed E-state index contributed by atoms with van der Waals surface area (Å²) in [5.74, 6) is 0.479. The Labute approximate surface area is 90.0 Å². The lowest BCUT2D eigenvalue weighted by Gasteiger charge is -2.06. The molecule has 2 nitrogen and oxygen atoms in total. The molecule has 0 aromatic heterocycles. The zero-order valence-electron chi connectivity index (χ0n) is 7.01. The fourth-order valence-electron chi connectivity index (χ4n) is 0.962. The van der Waals surface area contributed by atoms with Crippen molar-refractivity contribution in [2.75, 3.05) is 6.07 Å². The molecule has 1 aromatic rings. The van der Waals surface area contributed by atoms with Crippen LogP contribution in [-0.2, 0) is 0 Å². The maximum absolute atomic E-state index is 11.1. The second kappa shape index (κ2) is 4.63. The van der Waals surface area contributed by atoms with Crippen molar-refractivity contribution in [1.82, 2.24) is 0 Å². The minimum Gasteiger partial charge on any atom is -0.477 e. The molecule has 0 saturated carbocycles. The molecule has 0 saturated heterocycles. The molecule has 0 aliphatic carbocycles. The van der Waals surface area contributed by atoms with Gasteiger partial charge >= 0.3 is 0 Å². The van der Waals surface area contributed by atoms with E-state index in [1.165, 1.54) is 6.92 Å².